The van der Waals surface area contributed by atoms with Crippen molar-refractivity contribution in [3.63, 3.8) is 0 Å². The first-order valence-corrected chi connectivity index (χ1v) is 8.34. The second-order valence-corrected chi connectivity index (χ2v) is 6.46. The van der Waals surface area contributed by atoms with E-state index in [-0.39, 0.29) is 5.91 Å². The molecule has 0 aliphatic carbocycles. The van der Waals surface area contributed by atoms with Crippen LogP contribution in [0.25, 0.3) is 0 Å². The molecule has 1 saturated heterocycles. The molecule has 1 aliphatic heterocycles. The maximum absolute atomic E-state index is 12.6. The highest BCUT2D eigenvalue weighted by molar-refractivity contribution is 5.95. The number of hydrogen-bond acceptors (Lipinski definition) is 2. The number of aryl methyl sites for hydroxylation is 2. The number of hydrogen-bond donors (Lipinski definition) is 1. The molecule has 1 aromatic carbocycles. The number of aromatic amines is 1. The third-order valence-corrected chi connectivity index (χ3v) is 4.59. The van der Waals surface area contributed by atoms with E-state index < -0.39 is 0 Å². The first kappa shape index (κ1) is 15.8. The highest BCUT2D eigenvalue weighted by atomic mass is 16.2. The van der Waals surface area contributed by atoms with E-state index in [1.165, 1.54) is 11.1 Å². The standard InChI is InChI=1S/C19H25N3O/c1-15-4-6-17(7-5-15)14-21-8-3-9-22(11-10-21)19(23)18-13-20-12-16(18)2/h4-7,12-13,20H,3,8-11,14H2,1-2H3. The average molecular weight is 311 g/mol. The number of nitrogens with zero attached hydrogens (tertiary/aromatic N) is 2. The molecule has 3 rings (SSSR count). The molecule has 4 heteroatoms. The van der Waals surface area contributed by atoms with Gasteiger partial charge in [-0.2, -0.15) is 0 Å². The number of carbonyl (C=O) groups excluding carboxylic acids is 1. The van der Waals surface area contributed by atoms with Gasteiger partial charge in [-0.15, -0.1) is 0 Å². The summed E-state index contributed by atoms with van der Waals surface area (Å²) in [6.45, 7) is 8.68. The maximum atomic E-state index is 12.6. The minimum Gasteiger partial charge on any atom is -0.367 e. The number of nitrogens with one attached hydrogen (secondary N) is 1. The van der Waals surface area contributed by atoms with E-state index in [4.69, 9.17) is 0 Å². The van der Waals surface area contributed by atoms with E-state index in [9.17, 15) is 4.79 Å². The molecule has 0 spiro atoms. The third kappa shape index (κ3) is 3.82. The largest absolute Gasteiger partial charge is 0.367 e. The number of benzene rings is 1. The number of amides is 1. The van der Waals surface area contributed by atoms with E-state index in [2.05, 4.69) is 41.1 Å². The molecule has 1 aliphatic rings. The zero-order chi connectivity index (χ0) is 16.2. The van der Waals surface area contributed by atoms with Crippen molar-refractivity contribution in [3.05, 3.63) is 58.9 Å². The Hall–Kier alpha value is -2.07. The molecule has 23 heavy (non-hydrogen) atoms. The fourth-order valence-electron chi connectivity index (χ4n) is 3.13. The summed E-state index contributed by atoms with van der Waals surface area (Å²) < 4.78 is 0. The fraction of sp³-hybridized carbons (Fsp3) is 0.421. The number of carbonyl (C=O) groups is 1. The highest BCUT2D eigenvalue weighted by Crippen LogP contribution is 2.14. The normalized spacial score (nSPS) is 16.3. The van der Waals surface area contributed by atoms with Crippen molar-refractivity contribution in [2.24, 2.45) is 0 Å². The van der Waals surface area contributed by atoms with Gasteiger partial charge in [0.1, 0.15) is 0 Å². The smallest absolute Gasteiger partial charge is 0.255 e. The summed E-state index contributed by atoms with van der Waals surface area (Å²) in [6.07, 6.45) is 4.72. The summed E-state index contributed by atoms with van der Waals surface area (Å²) in [7, 11) is 0. The van der Waals surface area contributed by atoms with Crippen molar-refractivity contribution >= 4 is 5.91 Å². The zero-order valence-corrected chi connectivity index (χ0v) is 14.0. The molecular weight excluding hydrogens is 286 g/mol. The van der Waals surface area contributed by atoms with E-state index in [1.807, 2.05) is 24.2 Å². The Balaban J connectivity index is 1.60. The summed E-state index contributed by atoms with van der Waals surface area (Å²) in [6, 6.07) is 8.73. The second-order valence-electron chi connectivity index (χ2n) is 6.46. The SMILES string of the molecule is Cc1ccc(CN2CCCN(C(=O)c3c[nH]cc3C)CC2)cc1. The minimum atomic E-state index is 0.154. The Bertz CT molecular complexity index is 660. The van der Waals surface area contributed by atoms with E-state index in [0.29, 0.717) is 0 Å². The topological polar surface area (TPSA) is 39.3 Å². The average Bonchev–Trinajstić information content (AvgIpc) is 2.84. The Labute approximate surface area is 138 Å². The molecule has 2 aromatic rings. The third-order valence-electron chi connectivity index (χ3n) is 4.59. The summed E-state index contributed by atoms with van der Waals surface area (Å²) in [5.41, 5.74) is 4.47. The van der Waals surface area contributed by atoms with Crippen molar-refractivity contribution in [3.8, 4) is 0 Å². The van der Waals surface area contributed by atoms with Gasteiger partial charge in [0.05, 0.1) is 5.56 Å². The first-order valence-electron chi connectivity index (χ1n) is 8.34. The molecule has 0 atom stereocenters. The summed E-state index contributed by atoms with van der Waals surface area (Å²) in [5.74, 6) is 0.154. The lowest BCUT2D eigenvalue weighted by Crippen LogP contribution is -2.35. The Morgan fingerprint density at radius 1 is 1.04 bits per heavy atom. The van der Waals surface area contributed by atoms with Crippen LogP contribution in [0.15, 0.2) is 36.7 Å². The van der Waals surface area contributed by atoms with Crippen molar-refractivity contribution < 1.29 is 4.79 Å². The zero-order valence-electron chi connectivity index (χ0n) is 14.0. The van der Waals surface area contributed by atoms with Crippen LogP contribution in [0.5, 0.6) is 0 Å². The monoisotopic (exact) mass is 311 g/mol. The van der Waals surface area contributed by atoms with Gasteiger partial charge in [0.15, 0.2) is 0 Å². The molecule has 1 aromatic heterocycles. The Kier molecular flexibility index (Phi) is 4.82. The molecule has 0 radical (unpaired) electrons. The van der Waals surface area contributed by atoms with E-state index >= 15 is 0 Å². The van der Waals surface area contributed by atoms with E-state index in [1.54, 1.807) is 0 Å². The van der Waals surface area contributed by atoms with Crippen LogP contribution in [-0.4, -0.2) is 46.9 Å². The van der Waals surface area contributed by atoms with E-state index in [0.717, 1.165) is 50.3 Å². The quantitative estimate of drug-likeness (QED) is 0.946. The molecular formula is C19H25N3O. The molecule has 122 valence electrons. The van der Waals surface area contributed by atoms with Crippen molar-refractivity contribution in [1.29, 1.82) is 0 Å². The van der Waals surface area contributed by atoms with Crippen LogP contribution in [0.3, 0.4) is 0 Å². The molecule has 2 heterocycles. The molecule has 1 fully saturated rings. The molecule has 0 unspecified atom stereocenters. The van der Waals surface area contributed by atoms with Gasteiger partial charge in [-0.05, 0) is 31.4 Å². The van der Waals surface area contributed by atoms with Gasteiger partial charge in [0.25, 0.3) is 5.91 Å². The van der Waals surface area contributed by atoms with Gasteiger partial charge in [0.2, 0.25) is 0 Å². The van der Waals surface area contributed by atoms with Crippen LogP contribution in [0.1, 0.15) is 33.5 Å². The lowest BCUT2D eigenvalue weighted by molar-refractivity contribution is 0.0760. The van der Waals surface area contributed by atoms with Crippen molar-refractivity contribution in [1.82, 2.24) is 14.8 Å². The van der Waals surface area contributed by atoms with Crippen molar-refractivity contribution in [2.45, 2.75) is 26.8 Å². The van der Waals surface area contributed by atoms with Crippen LogP contribution in [0.2, 0.25) is 0 Å². The van der Waals surface area contributed by atoms with Gasteiger partial charge in [-0.3, -0.25) is 9.69 Å². The molecule has 4 nitrogen and oxygen atoms in total. The minimum absolute atomic E-state index is 0.154. The number of rotatable bonds is 3. The summed E-state index contributed by atoms with van der Waals surface area (Å²) >= 11 is 0. The van der Waals surface area contributed by atoms with Crippen LogP contribution >= 0.6 is 0 Å². The lowest BCUT2D eigenvalue weighted by atomic mass is 10.1. The first-order chi connectivity index (χ1) is 11.1. The molecule has 1 N–H and O–H groups in total. The molecule has 1 amide bonds. The van der Waals surface area contributed by atoms with Gasteiger partial charge in [-0.1, -0.05) is 29.8 Å². The van der Waals surface area contributed by atoms with Gasteiger partial charge in [-0.25, -0.2) is 0 Å². The predicted octanol–water partition coefficient (Wildman–Crippen LogP) is 2.98. The van der Waals surface area contributed by atoms with Gasteiger partial charge >= 0.3 is 0 Å². The maximum Gasteiger partial charge on any atom is 0.255 e. The molecule has 0 bridgehead atoms. The van der Waals surface area contributed by atoms with Crippen LogP contribution in [0.4, 0.5) is 0 Å². The predicted molar refractivity (Wildman–Crippen MR) is 92.5 cm³/mol. The van der Waals surface area contributed by atoms with Crippen LogP contribution in [-0.2, 0) is 6.54 Å². The Morgan fingerprint density at radius 3 is 2.52 bits per heavy atom. The number of H-pyrrole nitrogens is 1. The second kappa shape index (κ2) is 7.01. The lowest BCUT2D eigenvalue weighted by Gasteiger charge is -2.22. The van der Waals surface area contributed by atoms with Crippen molar-refractivity contribution in [2.75, 3.05) is 26.2 Å². The van der Waals surface area contributed by atoms with Crippen LogP contribution in [0, 0.1) is 13.8 Å². The number of aromatic nitrogens is 1. The fourth-order valence-corrected chi connectivity index (χ4v) is 3.13. The molecule has 0 saturated carbocycles. The van der Waals surface area contributed by atoms with Crippen LogP contribution < -0.4 is 0 Å². The summed E-state index contributed by atoms with van der Waals surface area (Å²) in [5, 5.41) is 0. The Morgan fingerprint density at radius 2 is 1.83 bits per heavy atom. The highest BCUT2D eigenvalue weighted by Gasteiger charge is 2.21. The summed E-state index contributed by atoms with van der Waals surface area (Å²) in [4.78, 5) is 20.1. The van der Waals surface area contributed by atoms with Gasteiger partial charge in [0, 0.05) is 45.1 Å². The van der Waals surface area contributed by atoms with Gasteiger partial charge < -0.3 is 9.88 Å².